The number of rotatable bonds is 4. The van der Waals surface area contributed by atoms with E-state index < -0.39 is 41.0 Å². The fraction of sp³-hybridized carbons (Fsp3) is 0.391. The van der Waals surface area contributed by atoms with Gasteiger partial charge in [0, 0.05) is 30.5 Å². The summed E-state index contributed by atoms with van der Waals surface area (Å²) >= 11 is 0. The van der Waals surface area contributed by atoms with E-state index >= 15 is 0 Å². The summed E-state index contributed by atoms with van der Waals surface area (Å²) in [7, 11) is 0. The highest BCUT2D eigenvalue weighted by Gasteiger charge is 2.37. The molecule has 36 heavy (non-hydrogen) atoms. The van der Waals surface area contributed by atoms with Crippen LogP contribution in [0.15, 0.2) is 36.7 Å². The zero-order valence-corrected chi connectivity index (χ0v) is 19.3. The molecule has 1 aliphatic heterocycles. The summed E-state index contributed by atoms with van der Waals surface area (Å²) in [5.41, 5.74) is -1.86. The van der Waals surface area contributed by atoms with E-state index in [4.69, 9.17) is 0 Å². The average Bonchev–Trinajstić information content (AvgIpc) is 3.15. The first-order valence-corrected chi connectivity index (χ1v) is 11.0. The Labute approximate surface area is 202 Å². The monoisotopic (exact) mass is 512 g/mol. The molecular formula is C23H22F6N6O. The highest BCUT2D eigenvalue weighted by atomic mass is 19.4. The van der Waals surface area contributed by atoms with Gasteiger partial charge in [-0.2, -0.15) is 31.4 Å². The number of nitrogens with zero attached hydrogens (tertiary/aromatic N) is 5. The minimum Gasteiger partial charge on any atom is -0.356 e. The summed E-state index contributed by atoms with van der Waals surface area (Å²) in [4.78, 5) is 23.2. The average molecular weight is 512 g/mol. The summed E-state index contributed by atoms with van der Waals surface area (Å²) in [6.45, 7) is 4.48. The van der Waals surface area contributed by atoms with E-state index in [1.165, 1.54) is 6.33 Å². The van der Waals surface area contributed by atoms with Crippen molar-refractivity contribution >= 4 is 17.4 Å². The van der Waals surface area contributed by atoms with Crippen molar-refractivity contribution in [3.8, 4) is 5.82 Å². The zero-order chi connectivity index (χ0) is 26.3. The minimum absolute atomic E-state index is 0.0213. The van der Waals surface area contributed by atoms with Crippen LogP contribution in [-0.4, -0.2) is 38.7 Å². The van der Waals surface area contributed by atoms with Crippen LogP contribution in [0, 0.1) is 19.8 Å². The van der Waals surface area contributed by atoms with Gasteiger partial charge in [0.05, 0.1) is 22.7 Å². The van der Waals surface area contributed by atoms with Crippen molar-refractivity contribution < 1.29 is 31.1 Å². The van der Waals surface area contributed by atoms with Gasteiger partial charge in [-0.1, -0.05) is 0 Å². The zero-order valence-electron chi connectivity index (χ0n) is 19.3. The third-order valence-corrected chi connectivity index (χ3v) is 5.84. The number of alkyl halides is 6. The Morgan fingerprint density at radius 2 is 1.58 bits per heavy atom. The number of aromatic nitrogens is 4. The van der Waals surface area contributed by atoms with Gasteiger partial charge in [0.2, 0.25) is 5.91 Å². The van der Waals surface area contributed by atoms with Crippen LogP contribution >= 0.6 is 0 Å². The molecule has 192 valence electrons. The van der Waals surface area contributed by atoms with Crippen LogP contribution in [0.1, 0.15) is 35.4 Å². The highest BCUT2D eigenvalue weighted by molar-refractivity contribution is 5.93. The maximum absolute atomic E-state index is 13.1. The van der Waals surface area contributed by atoms with Crippen LogP contribution < -0.4 is 10.2 Å². The molecule has 0 radical (unpaired) electrons. The molecule has 0 aliphatic carbocycles. The Balaban J connectivity index is 1.53. The van der Waals surface area contributed by atoms with E-state index in [1.807, 2.05) is 24.8 Å². The van der Waals surface area contributed by atoms with Gasteiger partial charge in [-0.3, -0.25) is 4.79 Å². The number of aryl methyl sites for hydroxylation is 2. The van der Waals surface area contributed by atoms with Crippen LogP contribution in [0.2, 0.25) is 0 Å². The number of hydrogen-bond donors (Lipinski definition) is 1. The Hall–Kier alpha value is -3.64. The van der Waals surface area contributed by atoms with E-state index in [1.54, 1.807) is 10.7 Å². The van der Waals surface area contributed by atoms with Crippen LogP contribution in [-0.2, 0) is 17.1 Å². The molecule has 1 N–H and O–H groups in total. The van der Waals surface area contributed by atoms with Gasteiger partial charge in [-0.15, -0.1) is 0 Å². The Kier molecular flexibility index (Phi) is 6.67. The van der Waals surface area contributed by atoms with E-state index in [0.717, 1.165) is 11.4 Å². The standard InChI is InChI=1S/C23H22F6N6O/c1-13-6-14(2)35(33-13)20-10-19(30-12-31-20)34-5-3-4-15(11-34)21(36)32-18-8-16(22(24,25)26)7-17(9-18)23(27,28)29/h6-10,12,15H,3-5,11H2,1-2H3,(H,32,36). The van der Waals surface area contributed by atoms with Gasteiger partial charge in [0.25, 0.3) is 0 Å². The SMILES string of the molecule is Cc1cc(C)n(-c2cc(N3CCCC(C(=O)Nc4cc(C(F)(F)F)cc(C(F)(F)F)c4)C3)ncn2)n1. The van der Waals surface area contributed by atoms with Crippen molar-refractivity contribution in [1.82, 2.24) is 19.7 Å². The smallest absolute Gasteiger partial charge is 0.356 e. The number of hydrogen-bond acceptors (Lipinski definition) is 5. The molecule has 3 aromatic rings. The van der Waals surface area contributed by atoms with Crippen molar-refractivity contribution in [2.24, 2.45) is 5.92 Å². The first-order valence-electron chi connectivity index (χ1n) is 11.0. The maximum Gasteiger partial charge on any atom is 0.416 e. The van der Waals surface area contributed by atoms with Gasteiger partial charge >= 0.3 is 12.4 Å². The molecule has 2 aromatic heterocycles. The molecule has 1 fully saturated rings. The molecule has 4 rings (SSSR count). The van der Waals surface area contributed by atoms with Crippen LogP contribution in [0.25, 0.3) is 5.82 Å². The lowest BCUT2D eigenvalue weighted by molar-refractivity contribution is -0.143. The number of benzene rings is 1. The molecule has 1 atom stereocenters. The number of amides is 1. The molecule has 7 nitrogen and oxygen atoms in total. The Morgan fingerprint density at radius 1 is 0.944 bits per heavy atom. The first kappa shape index (κ1) is 25.5. The molecule has 1 aliphatic rings. The number of carbonyl (C=O) groups excluding carboxylic acids is 1. The molecule has 0 saturated carbocycles. The third kappa shape index (κ3) is 5.60. The fourth-order valence-electron chi connectivity index (χ4n) is 4.16. The fourth-order valence-corrected chi connectivity index (χ4v) is 4.16. The molecule has 1 amide bonds. The van der Waals surface area contributed by atoms with Gasteiger partial charge < -0.3 is 10.2 Å². The van der Waals surface area contributed by atoms with Crippen LogP contribution in [0.5, 0.6) is 0 Å². The number of halogens is 6. The minimum atomic E-state index is -5.00. The second-order valence-corrected chi connectivity index (χ2v) is 8.64. The molecule has 0 spiro atoms. The van der Waals surface area contributed by atoms with Gasteiger partial charge in [0.15, 0.2) is 5.82 Å². The summed E-state index contributed by atoms with van der Waals surface area (Å²) in [5, 5.41) is 6.63. The largest absolute Gasteiger partial charge is 0.416 e. The summed E-state index contributed by atoms with van der Waals surface area (Å²) in [6, 6.07) is 4.62. The van der Waals surface area contributed by atoms with Gasteiger partial charge in [0.1, 0.15) is 12.1 Å². The van der Waals surface area contributed by atoms with Crippen molar-refractivity contribution in [3.05, 3.63) is 59.2 Å². The number of nitrogens with one attached hydrogen (secondary N) is 1. The third-order valence-electron chi connectivity index (χ3n) is 5.84. The van der Waals surface area contributed by atoms with Gasteiger partial charge in [-0.25, -0.2) is 14.6 Å². The predicted octanol–water partition coefficient (Wildman–Crippen LogP) is 5.17. The molecule has 0 bridgehead atoms. The predicted molar refractivity (Wildman–Crippen MR) is 119 cm³/mol. The molecule has 1 unspecified atom stereocenters. The second kappa shape index (κ2) is 9.43. The van der Waals surface area contributed by atoms with Crippen molar-refractivity contribution in [3.63, 3.8) is 0 Å². The lowest BCUT2D eigenvalue weighted by Crippen LogP contribution is -2.41. The quantitative estimate of drug-likeness (QED) is 0.488. The first-order chi connectivity index (χ1) is 16.8. The molecular weight excluding hydrogens is 490 g/mol. The summed E-state index contributed by atoms with van der Waals surface area (Å²) < 4.78 is 80.5. The van der Waals surface area contributed by atoms with Crippen molar-refractivity contribution in [1.29, 1.82) is 0 Å². The number of anilines is 2. The molecule has 13 heteroatoms. The van der Waals surface area contributed by atoms with Crippen molar-refractivity contribution in [2.45, 2.75) is 39.0 Å². The molecule has 1 saturated heterocycles. The number of carbonyl (C=O) groups is 1. The Bertz CT molecular complexity index is 1240. The van der Waals surface area contributed by atoms with E-state index in [0.29, 0.717) is 43.2 Å². The highest BCUT2D eigenvalue weighted by Crippen LogP contribution is 2.37. The summed E-state index contributed by atoms with van der Waals surface area (Å²) in [6.07, 6.45) is -7.64. The molecule has 3 heterocycles. The Morgan fingerprint density at radius 3 is 2.17 bits per heavy atom. The lowest BCUT2D eigenvalue weighted by atomic mass is 9.96. The maximum atomic E-state index is 13.1. The van der Waals surface area contributed by atoms with E-state index in [2.05, 4.69) is 20.4 Å². The van der Waals surface area contributed by atoms with Crippen molar-refractivity contribution in [2.75, 3.05) is 23.3 Å². The lowest BCUT2D eigenvalue weighted by Gasteiger charge is -2.33. The van der Waals surface area contributed by atoms with Crippen LogP contribution in [0.3, 0.4) is 0 Å². The van der Waals surface area contributed by atoms with Crippen LogP contribution in [0.4, 0.5) is 37.8 Å². The van der Waals surface area contributed by atoms with E-state index in [9.17, 15) is 31.1 Å². The second-order valence-electron chi connectivity index (χ2n) is 8.64. The number of piperidine rings is 1. The van der Waals surface area contributed by atoms with Gasteiger partial charge in [-0.05, 0) is 51.0 Å². The topological polar surface area (TPSA) is 75.9 Å². The molecule has 1 aromatic carbocycles. The normalized spacial score (nSPS) is 16.8. The van der Waals surface area contributed by atoms with E-state index in [-0.39, 0.29) is 12.6 Å². The summed E-state index contributed by atoms with van der Waals surface area (Å²) in [5.74, 6) is -0.279.